The Balaban J connectivity index is 1.68. The summed E-state index contributed by atoms with van der Waals surface area (Å²) in [5.74, 6) is -6.73. The Labute approximate surface area is 401 Å². The van der Waals surface area contributed by atoms with E-state index in [4.69, 9.17) is 23.7 Å². The highest BCUT2D eigenvalue weighted by Crippen LogP contribution is 2.38. The number of hydrogen-bond acceptors (Lipinski definition) is 12. The molecular weight excluding hydrogens is 855 g/mol. The lowest BCUT2D eigenvalue weighted by Crippen LogP contribution is -2.61. The number of aliphatic hydroxyl groups excluding tert-OH is 2. The first-order chi connectivity index (χ1) is 31.7. The molecule has 1 aliphatic carbocycles. The minimum atomic E-state index is -2.41. The van der Waals surface area contributed by atoms with Crippen LogP contribution < -0.4 is 0 Å². The van der Waals surface area contributed by atoms with Gasteiger partial charge in [-0.05, 0) is 113 Å². The Kier molecular flexibility index (Phi) is 22.4. The maximum atomic E-state index is 14.5. The molecule has 1 saturated carbocycles. The van der Waals surface area contributed by atoms with Crippen LogP contribution in [0.5, 0.6) is 0 Å². The molecule has 0 aromatic heterocycles. The molecule has 4 rings (SSSR count). The fourth-order valence-electron chi connectivity index (χ4n) is 10.7. The predicted molar refractivity (Wildman–Crippen MR) is 258 cm³/mol. The molecule has 13 heteroatoms. The maximum absolute atomic E-state index is 14.5. The van der Waals surface area contributed by atoms with E-state index in [-0.39, 0.29) is 86.3 Å². The van der Waals surface area contributed by atoms with Crippen LogP contribution >= 0.6 is 0 Å². The van der Waals surface area contributed by atoms with Crippen LogP contribution in [0.25, 0.3) is 0 Å². The molecule has 3 heterocycles. The molecule has 2 saturated heterocycles. The summed E-state index contributed by atoms with van der Waals surface area (Å²) in [6.45, 7) is 20.1. The van der Waals surface area contributed by atoms with Crippen LogP contribution in [0.15, 0.2) is 59.8 Å². The topological polar surface area (TPSA) is 178 Å². The second kappa shape index (κ2) is 26.6. The number of fused-ring (bicyclic) bond motifs is 3. The van der Waals surface area contributed by atoms with Crippen LogP contribution in [-0.2, 0) is 42.9 Å². The normalized spacial score (nSPS) is 39.6. The number of ketones is 2. The van der Waals surface area contributed by atoms with E-state index in [9.17, 15) is 34.5 Å². The molecule has 378 valence electrons. The highest BCUT2D eigenvalue weighted by atomic mass is 16.6. The number of esters is 1. The number of carbonyl (C=O) groups is 4. The van der Waals surface area contributed by atoms with Crippen molar-refractivity contribution < 1.29 is 58.2 Å². The lowest BCUT2D eigenvalue weighted by Gasteiger charge is -2.42. The molecule has 67 heavy (non-hydrogen) atoms. The van der Waals surface area contributed by atoms with Gasteiger partial charge in [0, 0.05) is 51.4 Å². The molecule has 0 spiro atoms. The third kappa shape index (κ3) is 15.3. The summed E-state index contributed by atoms with van der Waals surface area (Å²) in [5, 5.41) is 32.9. The van der Waals surface area contributed by atoms with Gasteiger partial charge in [-0.25, -0.2) is 4.79 Å². The first-order valence-corrected chi connectivity index (χ1v) is 25.1. The molecule has 0 radical (unpaired) electrons. The van der Waals surface area contributed by atoms with Crippen LogP contribution in [0.3, 0.4) is 0 Å². The van der Waals surface area contributed by atoms with Crippen molar-refractivity contribution in [1.29, 1.82) is 0 Å². The van der Waals surface area contributed by atoms with E-state index in [2.05, 4.69) is 26.5 Å². The zero-order chi connectivity index (χ0) is 49.6. The van der Waals surface area contributed by atoms with Crippen LogP contribution in [0.1, 0.15) is 132 Å². The minimum absolute atomic E-state index is 0.0802. The van der Waals surface area contributed by atoms with Gasteiger partial charge < -0.3 is 43.9 Å². The molecule has 3 fully saturated rings. The smallest absolute Gasteiger partial charge is 0.329 e. The van der Waals surface area contributed by atoms with Crippen LogP contribution in [0, 0.1) is 41.4 Å². The summed E-state index contributed by atoms with van der Waals surface area (Å²) in [7, 11) is 3.25. The Hall–Kier alpha value is -3.30. The molecule has 1 amide bonds. The Morgan fingerprint density at radius 1 is 0.896 bits per heavy atom. The summed E-state index contributed by atoms with van der Waals surface area (Å²) in [5.41, 5.74) is 2.51. The number of hydrogen-bond donors (Lipinski definition) is 3. The summed E-state index contributed by atoms with van der Waals surface area (Å²) >= 11 is 0. The van der Waals surface area contributed by atoms with Crippen molar-refractivity contribution in [3.8, 4) is 0 Å². The van der Waals surface area contributed by atoms with E-state index in [1.54, 1.807) is 34.1 Å². The highest BCUT2D eigenvalue weighted by molar-refractivity contribution is 6.39. The molecule has 4 aliphatic rings. The van der Waals surface area contributed by atoms with Gasteiger partial charge in [0.15, 0.2) is 0 Å². The van der Waals surface area contributed by atoms with E-state index >= 15 is 0 Å². The summed E-state index contributed by atoms with van der Waals surface area (Å²) < 4.78 is 30.1. The predicted octanol–water partition coefficient (Wildman–Crippen LogP) is 7.81. The molecular formula is C54H85NO12. The van der Waals surface area contributed by atoms with Crippen LogP contribution in [0.2, 0.25) is 0 Å². The van der Waals surface area contributed by atoms with Crippen LogP contribution in [-0.4, -0.2) is 126 Å². The van der Waals surface area contributed by atoms with Gasteiger partial charge in [-0.15, -0.1) is 0 Å². The monoisotopic (exact) mass is 940 g/mol. The molecule has 13 nitrogen and oxygen atoms in total. The maximum Gasteiger partial charge on any atom is 0.329 e. The number of cyclic esters (lactones) is 1. The Morgan fingerprint density at radius 2 is 1.63 bits per heavy atom. The fourth-order valence-corrected chi connectivity index (χ4v) is 10.7. The first-order valence-electron chi connectivity index (χ1n) is 25.1. The van der Waals surface area contributed by atoms with Gasteiger partial charge >= 0.3 is 5.97 Å². The molecule has 3 N–H and O–H groups in total. The largest absolute Gasteiger partial charge is 0.460 e. The summed E-state index contributed by atoms with van der Waals surface area (Å²) in [6, 6.07) is -1.11. The number of methoxy groups -OCH3 is 2. The van der Waals surface area contributed by atoms with Gasteiger partial charge in [0.05, 0.1) is 43.7 Å². The second-order valence-electron chi connectivity index (χ2n) is 20.5. The Morgan fingerprint density at radius 3 is 2.31 bits per heavy atom. The number of aliphatic hydroxyl groups is 3. The van der Waals surface area contributed by atoms with E-state index in [0.717, 1.165) is 30.4 Å². The number of piperidine rings is 1. The molecule has 0 aromatic carbocycles. The Bertz CT molecular complexity index is 1790. The quantitative estimate of drug-likeness (QED) is 0.122. The van der Waals surface area contributed by atoms with Gasteiger partial charge in [0.25, 0.3) is 11.7 Å². The third-order valence-corrected chi connectivity index (χ3v) is 15.3. The number of amides is 1. The number of nitrogens with zero attached hydrogens (tertiary/aromatic N) is 1. The summed E-state index contributed by atoms with van der Waals surface area (Å²) in [4.78, 5) is 58.5. The van der Waals surface area contributed by atoms with Crippen molar-refractivity contribution >= 4 is 23.4 Å². The van der Waals surface area contributed by atoms with Gasteiger partial charge in [0.1, 0.15) is 17.9 Å². The standard InChI is InChI=1S/C54H85NO12/c1-33-17-13-12-14-18-34(2)47(63-10)31-43-22-20-39(7)54(62,67-43)51(59)52(60)55-24-16-15-19-44(55)53(61)66-48(37(5)29-42-21-23-46(65-26-25-56)49(30-42)64-11)32-45(57)36(4)28-38(6)50(58)41(9)40(8)35(3)27-33/h12-14,17-18,28,33,35-37,39,41-44,46-50,56,58,62H,8,15-16,19-27,29-32H2,1-7,9-11H3/b14-12+,17-13+,34-18+,38-28+/t33-,35-,36-,37-,39-,41+,42+,43+,44+,46-,47+,48+,49-,50-,54-/m1/s1. The van der Waals surface area contributed by atoms with Gasteiger partial charge in [0.2, 0.25) is 5.79 Å². The number of carbonyl (C=O) groups excluding carboxylic acids is 4. The van der Waals surface area contributed by atoms with E-state index in [1.807, 2.05) is 52.0 Å². The SMILES string of the molecule is C=C1[C@H](C)C[C@H](C)/C=C/C=C/C=C(\C)[C@@H](OC)C[C@@H]2CC[C@@H](C)[C@@](O)(O2)C(=O)C(=O)N2CCCC[C@H]2C(=O)O[C@H]([C@H](C)C[C@@H]2CC[C@@H](OCCO)[C@H](OC)C2)CC(=O)[C@H](C)/C=C(\C)[C@@H](O)[C@H]1C. The van der Waals surface area contributed by atoms with Gasteiger partial charge in [-0.2, -0.15) is 0 Å². The fraction of sp³-hybridized carbons (Fsp3) is 0.741. The number of Topliss-reactive ketones (excluding diaryl/α,β-unsaturated/α-hetero) is 2. The molecule has 15 atom stereocenters. The van der Waals surface area contributed by atoms with E-state index in [0.29, 0.717) is 50.5 Å². The number of rotatable bonds is 8. The molecule has 0 aromatic rings. The van der Waals surface area contributed by atoms with Crippen LogP contribution in [0.4, 0.5) is 0 Å². The van der Waals surface area contributed by atoms with Crippen molar-refractivity contribution in [2.24, 2.45) is 41.4 Å². The van der Waals surface area contributed by atoms with Crippen molar-refractivity contribution in [2.45, 2.75) is 181 Å². The lowest BCUT2D eigenvalue weighted by molar-refractivity contribution is -0.265. The van der Waals surface area contributed by atoms with Gasteiger partial charge in [-0.1, -0.05) is 90.2 Å². The number of allylic oxidation sites excluding steroid dienone is 6. The van der Waals surface area contributed by atoms with Crippen molar-refractivity contribution in [2.75, 3.05) is 34.0 Å². The van der Waals surface area contributed by atoms with Crippen molar-refractivity contribution in [3.05, 3.63) is 59.8 Å². The van der Waals surface area contributed by atoms with E-state index < -0.39 is 59.6 Å². The molecule has 0 unspecified atom stereocenters. The zero-order valence-electron chi connectivity index (χ0n) is 42.3. The zero-order valence-corrected chi connectivity index (χ0v) is 42.3. The van der Waals surface area contributed by atoms with Crippen molar-refractivity contribution in [3.63, 3.8) is 0 Å². The lowest BCUT2D eigenvalue weighted by atomic mass is 9.78. The first kappa shape index (κ1) is 56.3. The third-order valence-electron chi connectivity index (χ3n) is 15.3. The average Bonchev–Trinajstić information content (AvgIpc) is 3.31. The van der Waals surface area contributed by atoms with E-state index in [1.165, 1.54) is 4.90 Å². The summed E-state index contributed by atoms with van der Waals surface area (Å²) in [6.07, 6.45) is 15.1. The minimum Gasteiger partial charge on any atom is -0.460 e. The van der Waals surface area contributed by atoms with Crippen molar-refractivity contribution in [1.82, 2.24) is 4.90 Å². The average molecular weight is 940 g/mol. The number of ether oxygens (including phenoxy) is 5. The molecule has 3 aliphatic heterocycles. The second-order valence-corrected chi connectivity index (χ2v) is 20.5. The van der Waals surface area contributed by atoms with Gasteiger partial charge in [-0.3, -0.25) is 14.4 Å². The molecule has 2 bridgehead atoms. The highest BCUT2D eigenvalue weighted by Gasteiger charge is 2.53.